The van der Waals surface area contributed by atoms with Crippen LogP contribution in [-0.4, -0.2) is 47.3 Å². The molecule has 1 aromatic rings. The van der Waals surface area contributed by atoms with Crippen molar-refractivity contribution in [3.05, 3.63) is 35.4 Å². The predicted octanol–water partition coefficient (Wildman–Crippen LogP) is 1.39. The number of carbonyl (C=O) groups is 1. The Labute approximate surface area is 105 Å². The first-order valence-corrected chi connectivity index (χ1v) is 5.79. The lowest BCUT2D eigenvalue weighted by Gasteiger charge is -2.29. The second-order valence-electron chi connectivity index (χ2n) is 3.79. The van der Waals surface area contributed by atoms with Crippen LogP contribution in [0.15, 0.2) is 24.3 Å². The van der Waals surface area contributed by atoms with Crippen LogP contribution in [-0.2, 0) is 4.74 Å². The van der Waals surface area contributed by atoms with Crippen molar-refractivity contribution in [3.8, 4) is 0 Å². The number of aromatic carboxylic acids is 1. The van der Waals surface area contributed by atoms with Gasteiger partial charge in [-0.1, -0.05) is 24.4 Å². The molecule has 0 radical (unpaired) electrons. The van der Waals surface area contributed by atoms with Gasteiger partial charge in [-0.2, -0.15) is 0 Å². The van der Waals surface area contributed by atoms with Gasteiger partial charge < -0.3 is 14.7 Å². The third-order valence-electron chi connectivity index (χ3n) is 2.68. The Kier molecular flexibility index (Phi) is 3.71. The molecular formula is C12H13NO3S. The molecule has 1 heterocycles. The maximum Gasteiger partial charge on any atom is 0.335 e. The third-order valence-corrected chi connectivity index (χ3v) is 3.17. The summed E-state index contributed by atoms with van der Waals surface area (Å²) in [7, 11) is 0. The Morgan fingerprint density at radius 1 is 1.18 bits per heavy atom. The van der Waals surface area contributed by atoms with Crippen molar-refractivity contribution < 1.29 is 14.6 Å². The van der Waals surface area contributed by atoms with Crippen molar-refractivity contribution in [3.63, 3.8) is 0 Å². The average Bonchev–Trinajstić information content (AvgIpc) is 2.39. The number of hydrogen-bond acceptors (Lipinski definition) is 3. The molecule has 17 heavy (non-hydrogen) atoms. The molecule has 1 saturated heterocycles. The Morgan fingerprint density at radius 2 is 1.71 bits per heavy atom. The molecule has 1 fully saturated rings. The SMILES string of the molecule is O=C(O)c1ccc(C(=S)N2CCOCC2)cc1. The van der Waals surface area contributed by atoms with Crippen molar-refractivity contribution >= 4 is 23.2 Å². The van der Waals surface area contributed by atoms with Crippen LogP contribution in [0.25, 0.3) is 0 Å². The first-order valence-electron chi connectivity index (χ1n) is 5.39. The van der Waals surface area contributed by atoms with Gasteiger partial charge in [-0.3, -0.25) is 0 Å². The number of ether oxygens (including phenoxy) is 1. The van der Waals surface area contributed by atoms with Crippen LogP contribution in [0.3, 0.4) is 0 Å². The molecular weight excluding hydrogens is 238 g/mol. The van der Waals surface area contributed by atoms with Gasteiger partial charge in [0, 0.05) is 18.7 Å². The van der Waals surface area contributed by atoms with E-state index in [9.17, 15) is 4.79 Å². The second kappa shape index (κ2) is 5.25. The molecule has 2 rings (SSSR count). The summed E-state index contributed by atoms with van der Waals surface area (Å²) in [5, 5.41) is 8.80. The number of carboxylic acid groups (broad SMARTS) is 1. The Balaban J connectivity index is 2.10. The van der Waals surface area contributed by atoms with Gasteiger partial charge in [-0.05, 0) is 12.1 Å². The van der Waals surface area contributed by atoms with Gasteiger partial charge in [0.1, 0.15) is 4.99 Å². The van der Waals surface area contributed by atoms with E-state index in [4.69, 9.17) is 22.1 Å². The molecule has 0 saturated carbocycles. The predicted molar refractivity (Wildman–Crippen MR) is 67.5 cm³/mol. The van der Waals surface area contributed by atoms with Gasteiger partial charge in [-0.25, -0.2) is 4.79 Å². The minimum Gasteiger partial charge on any atom is -0.478 e. The van der Waals surface area contributed by atoms with E-state index in [1.54, 1.807) is 24.3 Å². The summed E-state index contributed by atoms with van der Waals surface area (Å²) in [6, 6.07) is 6.65. The van der Waals surface area contributed by atoms with Crippen molar-refractivity contribution in [2.24, 2.45) is 0 Å². The van der Waals surface area contributed by atoms with Gasteiger partial charge in [0.25, 0.3) is 0 Å². The summed E-state index contributed by atoms with van der Waals surface area (Å²) in [6.07, 6.45) is 0. The Bertz CT molecular complexity index is 424. The van der Waals surface area contributed by atoms with Crippen LogP contribution in [0.4, 0.5) is 0 Å². The number of benzene rings is 1. The zero-order valence-electron chi connectivity index (χ0n) is 9.26. The minimum atomic E-state index is -0.922. The quantitative estimate of drug-likeness (QED) is 0.805. The van der Waals surface area contributed by atoms with Crippen molar-refractivity contribution in [2.75, 3.05) is 26.3 Å². The summed E-state index contributed by atoms with van der Waals surface area (Å²) in [5.41, 5.74) is 1.16. The molecule has 1 aromatic carbocycles. The van der Waals surface area contributed by atoms with E-state index < -0.39 is 5.97 Å². The van der Waals surface area contributed by atoms with E-state index in [0.29, 0.717) is 13.2 Å². The van der Waals surface area contributed by atoms with Gasteiger partial charge >= 0.3 is 5.97 Å². The molecule has 4 nitrogen and oxygen atoms in total. The van der Waals surface area contributed by atoms with Crippen molar-refractivity contribution in [2.45, 2.75) is 0 Å². The lowest BCUT2D eigenvalue weighted by molar-refractivity contribution is 0.0693. The summed E-state index contributed by atoms with van der Waals surface area (Å²) >= 11 is 5.37. The smallest absolute Gasteiger partial charge is 0.335 e. The number of rotatable bonds is 2. The van der Waals surface area contributed by atoms with Crippen LogP contribution in [0, 0.1) is 0 Å². The highest BCUT2D eigenvalue weighted by Gasteiger charge is 2.15. The van der Waals surface area contributed by atoms with Crippen LogP contribution >= 0.6 is 12.2 Å². The zero-order chi connectivity index (χ0) is 12.3. The van der Waals surface area contributed by atoms with Crippen molar-refractivity contribution in [1.82, 2.24) is 4.90 Å². The topological polar surface area (TPSA) is 49.8 Å². The van der Waals surface area contributed by atoms with Crippen LogP contribution in [0.5, 0.6) is 0 Å². The number of thiocarbonyl (C=S) groups is 1. The maximum absolute atomic E-state index is 10.7. The van der Waals surface area contributed by atoms with E-state index in [-0.39, 0.29) is 5.56 Å². The molecule has 5 heteroatoms. The van der Waals surface area contributed by atoms with Gasteiger partial charge in [0.2, 0.25) is 0 Å². The van der Waals surface area contributed by atoms with E-state index in [2.05, 4.69) is 4.90 Å². The molecule has 1 aliphatic heterocycles. The summed E-state index contributed by atoms with van der Waals surface area (Å²) in [4.78, 5) is 13.6. The van der Waals surface area contributed by atoms with Crippen LogP contribution in [0.2, 0.25) is 0 Å². The van der Waals surface area contributed by atoms with E-state index in [1.807, 2.05) is 0 Å². The first-order chi connectivity index (χ1) is 8.18. The Morgan fingerprint density at radius 3 is 2.24 bits per heavy atom. The normalized spacial score (nSPS) is 15.6. The second-order valence-corrected chi connectivity index (χ2v) is 4.17. The molecule has 1 N–H and O–H groups in total. The maximum atomic E-state index is 10.7. The average molecular weight is 251 g/mol. The molecule has 0 unspecified atom stereocenters. The highest BCUT2D eigenvalue weighted by Crippen LogP contribution is 2.10. The zero-order valence-corrected chi connectivity index (χ0v) is 10.1. The molecule has 0 amide bonds. The lowest BCUT2D eigenvalue weighted by atomic mass is 10.1. The fourth-order valence-corrected chi connectivity index (χ4v) is 2.02. The van der Waals surface area contributed by atoms with Crippen LogP contribution < -0.4 is 0 Å². The molecule has 0 aromatic heterocycles. The third kappa shape index (κ3) is 2.81. The fourth-order valence-electron chi connectivity index (χ4n) is 1.70. The van der Waals surface area contributed by atoms with E-state index in [1.165, 1.54) is 0 Å². The molecule has 0 atom stereocenters. The number of nitrogens with zero attached hydrogens (tertiary/aromatic N) is 1. The lowest BCUT2D eigenvalue weighted by Crippen LogP contribution is -2.40. The molecule has 0 aliphatic carbocycles. The number of hydrogen-bond donors (Lipinski definition) is 1. The minimum absolute atomic E-state index is 0.276. The summed E-state index contributed by atoms with van der Waals surface area (Å²) < 4.78 is 5.26. The fraction of sp³-hybridized carbons (Fsp3) is 0.333. The highest BCUT2D eigenvalue weighted by atomic mass is 32.1. The standard InChI is InChI=1S/C12H13NO3S/c14-12(15)10-3-1-9(2-4-10)11(17)13-5-7-16-8-6-13/h1-4H,5-8H2,(H,14,15). The highest BCUT2D eigenvalue weighted by molar-refractivity contribution is 7.80. The first kappa shape index (κ1) is 12.0. The summed E-state index contributed by atoms with van der Waals surface area (Å²) in [5.74, 6) is -0.922. The van der Waals surface area contributed by atoms with Gasteiger partial charge in [0.05, 0.1) is 18.8 Å². The summed E-state index contributed by atoms with van der Waals surface area (Å²) in [6.45, 7) is 2.96. The van der Waals surface area contributed by atoms with E-state index in [0.717, 1.165) is 23.6 Å². The van der Waals surface area contributed by atoms with Crippen molar-refractivity contribution in [1.29, 1.82) is 0 Å². The molecule has 0 spiro atoms. The Hall–Kier alpha value is -1.46. The molecule has 0 bridgehead atoms. The molecule has 90 valence electrons. The largest absolute Gasteiger partial charge is 0.478 e. The number of carboxylic acids is 1. The molecule has 1 aliphatic rings. The van der Waals surface area contributed by atoms with Gasteiger partial charge in [-0.15, -0.1) is 0 Å². The monoisotopic (exact) mass is 251 g/mol. The number of morpholine rings is 1. The van der Waals surface area contributed by atoms with E-state index >= 15 is 0 Å². The van der Waals surface area contributed by atoms with Crippen LogP contribution in [0.1, 0.15) is 15.9 Å². The van der Waals surface area contributed by atoms with Gasteiger partial charge in [0.15, 0.2) is 0 Å².